The van der Waals surface area contributed by atoms with E-state index in [4.69, 9.17) is 0 Å². The third-order valence-corrected chi connectivity index (χ3v) is 6.15. The number of benzene rings is 1. The highest BCUT2D eigenvalue weighted by molar-refractivity contribution is 5.80. The van der Waals surface area contributed by atoms with Gasteiger partial charge in [-0.15, -0.1) is 0 Å². The fourth-order valence-electron chi connectivity index (χ4n) is 4.53. The van der Waals surface area contributed by atoms with Gasteiger partial charge in [0.15, 0.2) is 11.5 Å². The first-order chi connectivity index (χ1) is 16.4. The second kappa shape index (κ2) is 7.40. The van der Waals surface area contributed by atoms with E-state index in [0.29, 0.717) is 28.7 Å². The summed E-state index contributed by atoms with van der Waals surface area (Å²) in [6, 6.07) is 5.06. The Kier molecular flexibility index (Phi) is 4.44. The molecule has 0 radical (unpaired) electrons. The van der Waals surface area contributed by atoms with Crippen molar-refractivity contribution in [1.82, 2.24) is 34.3 Å². The summed E-state index contributed by atoms with van der Waals surface area (Å²) < 4.78 is 43.8. The van der Waals surface area contributed by atoms with Gasteiger partial charge in [-0.25, -0.2) is 27.5 Å². The molecule has 1 aromatic carbocycles. The standard InChI is InChI=1S/C22H16F3N7O2/c23-17(24)9-32-19-10(7-28-32)1-2-11(18(19)25)12-5-13(12)14-6-16(30-31-4-3-26-20(14)31)15-8-27-22(34)29-21(15)33/h1-4,6-8,12-13,17H,5,9H2,(H2,27,29,33,34)/t12-,13+/m1/s1. The van der Waals surface area contributed by atoms with Crippen molar-refractivity contribution in [3.05, 3.63) is 80.8 Å². The number of aromatic amines is 2. The van der Waals surface area contributed by atoms with Crippen LogP contribution in [0.2, 0.25) is 0 Å². The number of fused-ring (bicyclic) bond motifs is 2. The number of halogens is 3. The predicted molar refractivity (Wildman–Crippen MR) is 115 cm³/mol. The molecule has 0 aliphatic heterocycles. The smallest absolute Gasteiger partial charge is 0.313 e. The molecule has 12 heteroatoms. The van der Waals surface area contributed by atoms with E-state index < -0.39 is 30.0 Å². The first kappa shape index (κ1) is 20.4. The maximum absolute atomic E-state index is 15.5. The largest absolute Gasteiger partial charge is 0.325 e. The monoisotopic (exact) mass is 467 g/mol. The molecular formula is C22H16F3N7O2. The van der Waals surface area contributed by atoms with Crippen LogP contribution in [0, 0.1) is 5.82 Å². The van der Waals surface area contributed by atoms with Crippen molar-refractivity contribution in [2.45, 2.75) is 31.2 Å². The Morgan fingerprint density at radius 1 is 1.18 bits per heavy atom. The molecule has 1 saturated carbocycles. The third-order valence-electron chi connectivity index (χ3n) is 6.15. The average molecular weight is 467 g/mol. The maximum Gasteiger partial charge on any atom is 0.325 e. The molecule has 9 nitrogen and oxygen atoms in total. The van der Waals surface area contributed by atoms with Gasteiger partial charge in [-0.3, -0.25) is 14.5 Å². The van der Waals surface area contributed by atoms with E-state index in [1.54, 1.807) is 30.6 Å². The highest BCUT2D eigenvalue weighted by Gasteiger charge is 2.43. The Balaban J connectivity index is 1.43. The van der Waals surface area contributed by atoms with Crippen LogP contribution >= 0.6 is 0 Å². The Morgan fingerprint density at radius 3 is 2.79 bits per heavy atom. The molecule has 172 valence electrons. The minimum atomic E-state index is -2.65. The van der Waals surface area contributed by atoms with Crippen LogP contribution in [-0.2, 0) is 6.54 Å². The number of rotatable bonds is 5. The highest BCUT2D eigenvalue weighted by atomic mass is 19.3. The molecular weight excluding hydrogens is 451 g/mol. The van der Waals surface area contributed by atoms with Crippen molar-refractivity contribution in [2.24, 2.45) is 0 Å². The van der Waals surface area contributed by atoms with Crippen molar-refractivity contribution in [3.8, 4) is 11.3 Å². The van der Waals surface area contributed by atoms with Gasteiger partial charge < -0.3 is 4.98 Å². The first-order valence-electron chi connectivity index (χ1n) is 10.5. The quantitative estimate of drug-likeness (QED) is 0.413. The molecule has 2 atom stereocenters. The van der Waals surface area contributed by atoms with Crippen LogP contribution in [0.4, 0.5) is 13.2 Å². The summed E-state index contributed by atoms with van der Waals surface area (Å²) in [5.41, 5.74) is 1.11. The van der Waals surface area contributed by atoms with Crippen LogP contribution in [0.1, 0.15) is 29.4 Å². The number of hydrogen-bond donors (Lipinski definition) is 2. The summed E-state index contributed by atoms with van der Waals surface area (Å²) in [6.45, 7) is -0.686. The van der Waals surface area contributed by atoms with Crippen LogP contribution in [0.15, 0.2) is 52.6 Å². The predicted octanol–water partition coefficient (Wildman–Crippen LogP) is 2.80. The first-order valence-corrected chi connectivity index (χ1v) is 10.5. The molecule has 1 fully saturated rings. The lowest BCUT2D eigenvalue weighted by molar-refractivity contribution is 0.123. The fourth-order valence-corrected chi connectivity index (χ4v) is 4.53. The molecule has 0 amide bonds. The van der Waals surface area contributed by atoms with E-state index in [0.717, 1.165) is 10.2 Å². The van der Waals surface area contributed by atoms with Gasteiger partial charge >= 0.3 is 5.69 Å². The lowest BCUT2D eigenvalue weighted by Crippen LogP contribution is -2.23. The van der Waals surface area contributed by atoms with E-state index in [1.165, 1.54) is 16.9 Å². The number of alkyl halides is 2. The SMILES string of the molecule is O=c1[nH]cc(-c2cc([C@H]3C[C@@H]3c3ccc4cnn(CC(F)F)c4c3F)c3nccn3n2)c(=O)[nH]1. The number of H-pyrrole nitrogens is 2. The molecule has 0 unspecified atom stereocenters. The van der Waals surface area contributed by atoms with Crippen LogP contribution < -0.4 is 11.2 Å². The minimum absolute atomic E-state index is 0.0598. The van der Waals surface area contributed by atoms with Gasteiger partial charge in [0.2, 0.25) is 0 Å². The van der Waals surface area contributed by atoms with Crippen molar-refractivity contribution in [3.63, 3.8) is 0 Å². The molecule has 5 aromatic rings. The van der Waals surface area contributed by atoms with Gasteiger partial charge in [0.25, 0.3) is 12.0 Å². The second-order valence-electron chi connectivity index (χ2n) is 8.24. The summed E-state index contributed by atoms with van der Waals surface area (Å²) in [7, 11) is 0. The fraction of sp³-hybridized carbons (Fsp3) is 0.227. The van der Waals surface area contributed by atoms with Gasteiger partial charge in [0.1, 0.15) is 12.1 Å². The average Bonchev–Trinajstić information content (AvgIpc) is 3.23. The lowest BCUT2D eigenvalue weighted by Gasteiger charge is -2.09. The zero-order valence-electron chi connectivity index (χ0n) is 17.4. The Bertz CT molecular complexity index is 1680. The van der Waals surface area contributed by atoms with Crippen LogP contribution in [0.5, 0.6) is 0 Å². The Morgan fingerprint density at radius 2 is 2.00 bits per heavy atom. The second-order valence-corrected chi connectivity index (χ2v) is 8.24. The topological polar surface area (TPSA) is 114 Å². The molecule has 2 N–H and O–H groups in total. The van der Waals surface area contributed by atoms with Crippen molar-refractivity contribution in [1.29, 1.82) is 0 Å². The normalized spacial score (nSPS) is 17.8. The zero-order valence-corrected chi connectivity index (χ0v) is 17.4. The van der Waals surface area contributed by atoms with Crippen molar-refractivity contribution in [2.75, 3.05) is 0 Å². The molecule has 0 saturated heterocycles. The summed E-state index contributed by atoms with van der Waals surface area (Å²) in [5, 5.41) is 8.77. The van der Waals surface area contributed by atoms with Crippen LogP contribution in [-0.4, -0.2) is 40.8 Å². The lowest BCUT2D eigenvalue weighted by atomic mass is 10.0. The van der Waals surface area contributed by atoms with Crippen LogP contribution in [0.3, 0.4) is 0 Å². The molecule has 1 aliphatic rings. The van der Waals surface area contributed by atoms with Gasteiger partial charge in [-0.2, -0.15) is 10.2 Å². The maximum atomic E-state index is 15.5. The van der Waals surface area contributed by atoms with E-state index in [1.807, 2.05) is 0 Å². The van der Waals surface area contributed by atoms with E-state index in [-0.39, 0.29) is 22.9 Å². The van der Waals surface area contributed by atoms with Crippen molar-refractivity contribution < 1.29 is 13.2 Å². The van der Waals surface area contributed by atoms with Gasteiger partial charge in [-0.1, -0.05) is 12.1 Å². The number of imidazole rings is 1. The highest BCUT2D eigenvalue weighted by Crippen LogP contribution is 2.56. The van der Waals surface area contributed by atoms with Gasteiger partial charge in [0.05, 0.1) is 17.5 Å². The third kappa shape index (κ3) is 3.21. The molecule has 4 aromatic heterocycles. The molecule has 0 bridgehead atoms. The number of aromatic nitrogens is 7. The Hall–Kier alpha value is -4.22. The molecule has 6 rings (SSSR count). The summed E-state index contributed by atoms with van der Waals surface area (Å²) >= 11 is 0. The summed E-state index contributed by atoms with van der Waals surface area (Å²) in [6.07, 6.45) is 3.83. The van der Waals surface area contributed by atoms with Crippen LogP contribution in [0.25, 0.3) is 27.8 Å². The molecule has 34 heavy (non-hydrogen) atoms. The summed E-state index contributed by atoms with van der Waals surface area (Å²) in [5.74, 6) is -0.885. The minimum Gasteiger partial charge on any atom is -0.313 e. The van der Waals surface area contributed by atoms with Crippen molar-refractivity contribution >= 4 is 16.6 Å². The number of hydrogen-bond acceptors (Lipinski definition) is 5. The zero-order chi connectivity index (χ0) is 23.6. The molecule has 0 spiro atoms. The number of nitrogens with zero attached hydrogens (tertiary/aromatic N) is 5. The molecule has 4 heterocycles. The van der Waals surface area contributed by atoms with E-state index >= 15 is 4.39 Å². The Labute approximate surface area is 187 Å². The van der Waals surface area contributed by atoms with Gasteiger partial charge in [-0.05, 0) is 29.9 Å². The number of nitrogens with one attached hydrogen (secondary N) is 2. The van der Waals surface area contributed by atoms with E-state index in [2.05, 4.69) is 25.1 Å². The summed E-state index contributed by atoms with van der Waals surface area (Å²) in [4.78, 5) is 32.7. The van der Waals surface area contributed by atoms with Gasteiger partial charge in [0, 0.05) is 29.5 Å². The molecule has 1 aliphatic carbocycles. The van der Waals surface area contributed by atoms with E-state index in [9.17, 15) is 18.4 Å².